The van der Waals surface area contributed by atoms with Crippen LogP contribution in [0, 0.1) is 17.8 Å². The van der Waals surface area contributed by atoms with Crippen molar-refractivity contribution >= 4 is 11.7 Å². The van der Waals surface area contributed by atoms with Gasteiger partial charge in [-0.2, -0.15) is 13.2 Å². The molecule has 1 saturated heterocycles. The minimum absolute atomic E-state index is 0.000348. The molecule has 0 aromatic heterocycles. The van der Waals surface area contributed by atoms with Crippen LogP contribution in [-0.2, 0) is 9.63 Å². The molecular formula is C13H19F3N2O3. The van der Waals surface area contributed by atoms with Crippen molar-refractivity contribution in [1.82, 2.24) is 5.32 Å². The second-order valence-electron chi connectivity index (χ2n) is 5.97. The van der Waals surface area contributed by atoms with Gasteiger partial charge in [-0.3, -0.25) is 0 Å². The monoisotopic (exact) mass is 308 g/mol. The molecule has 2 unspecified atom stereocenters. The average Bonchev–Trinajstić information content (AvgIpc) is 2.79. The molecule has 2 N–H and O–H groups in total. The number of alkyl halides is 3. The fourth-order valence-corrected chi connectivity index (χ4v) is 2.90. The topological polar surface area (TPSA) is 70.9 Å². The van der Waals surface area contributed by atoms with Crippen molar-refractivity contribution in [3.05, 3.63) is 0 Å². The van der Waals surface area contributed by atoms with Crippen molar-refractivity contribution in [3.63, 3.8) is 0 Å². The Kier molecular flexibility index (Phi) is 4.19. The minimum Gasteiger partial charge on any atom is -0.475 e. The summed E-state index contributed by atoms with van der Waals surface area (Å²) in [4.78, 5) is 14.4. The van der Waals surface area contributed by atoms with E-state index in [0.717, 1.165) is 30.6 Å². The summed E-state index contributed by atoms with van der Waals surface area (Å²) in [5.41, 5.74) is 1.34. The largest absolute Gasteiger partial charge is 0.490 e. The van der Waals surface area contributed by atoms with Crippen molar-refractivity contribution < 1.29 is 27.9 Å². The maximum atomic E-state index is 10.6. The smallest absolute Gasteiger partial charge is 0.475 e. The molecule has 0 aromatic rings. The highest BCUT2D eigenvalue weighted by Crippen LogP contribution is 2.52. The van der Waals surface area contributed by atoms with Crippen molar-refractivity contribution in [2.75, 3.05) is 13.1 Å². The van der Waals surface area contributed by atoms with E-state index in [9.17, 15) is 13.2 Å². The van der Waals surface area contributed by atoms with E-state index in [0.29, 0.717) is 0 Å². The van der Waals surface area contributed by atoms with Crippen LogP contribution in [0.1, 0.15) is 26.7 Å². The first-order valence-corrected chi connectivity index (χ1v) is 6.94. The van der Waals surface area contributed by atoms with Crippen LogP contribution in [0.5, 0.6) is 0 Å². The summed E-state index contributed by atoms with van der Waals surface area (Å²) < 4.78 is 31.7. The van der Waals surface area contributed by atoms with E-state index in [-0.39, 0.29) is 5.60 Å². The van der Waals surface area contributed by atoms with Crippen LogP contribution >= 0.6 is 0 Å². The fourth-order valence-electron chi connectivity index (χ4n) is 2.90. The molecule has 2 fully saturated rings. The van der Waals surface area contributed by atoms with Crippen molar-refractivity contribution in [3.8, 4) is 0 Å². The zero-order valence-electron chi connectivity index (χ0n) is 11.9. The standard InChI is InChI=1S/C11H18N2O.C2HF3O2/c1-3-11(2)4-9(13-14-11)10-7-5-12-6-8(7)10;3-2(4,5)1(6)7/h7-8,10,12H,3-6H2,1-2H3;(H,6,7)/t7-,8+,10?,11?;. The van der Waals surface area contributed by atoms with Gasteiger partial charge >= 0.3 is 12.1 Å². The number of piperidine rings is 1. The van der Waals surface area contributed by atoms with Gasteiger partial charge in [0, 0.05) is 12.3 Å². The van der Waals surface area contributed by atoms with Crippen LogP contribution < -0.4 is 5.32 Å². The number of halogens is 3. The third kappa shape index (κ3) is 3.48. The normalized spacial score (nSPS) is 37.0. The van der Waals surface area contributed by atoms with Crippen LogP contribution in [0.25, 0.3) is 0 Å². The Balaban J connectivity index is 0.000000199. The number of hydrogen-bond donors (Lipinski definition) is 2. The first-order chi connectivity index (χ1) is 9.68. The van der Waals surface area contributed by atoms with E-state index in [1.807, 2.05) is 0 Å². The van der Waals surface area contributed by atoms with Gasteiger partial charge in [-0.05, 0) is 38.3 Å². The molecule has 120 valence electrons. The summed E-state index contributed by atoms with van der Waals surface area (Å²) >= 11 is 0. The molecule has 21 heavy (non-hydrogen) atoms. The number of nitrogens with zero attached hydrogens (tertiary/aromatic N) is 1. The number of fused-ring (bicyclic) bond motifs is 1. The predicted octanol–water partition coefficient (Wildman–Crippen LogP) is 2.03. The molecule has 1 aliphatic carbocycles. The summed E-state index contributed by atoms with van der Waals surface area (Å²) in [6.07, 6.45) is -2.97. The van der Waals surface area contributed by atoms with Crippen molar-refractivity contribution in [2.24, 2.45) is 22.9 Å². The summed E-state index contributed by atoms with van der Waals surface area (Å²) in [7, 11) is 0. The van der Waals surface area contributed by atoms with Gasteiger partial charge in [-0.25, -0.2) is 4.79 Å². The molecule has 5 nitrogen and oxygen atoms in total. The second-order valence-corrected chi connectivity index (χ2v) is 5.97. The van der Waals surface area contributed by atoms with Gasteiger partial charge in [-0.1, -0.05) is 12.1 Å². The number of oxime groups is 1. The van der Waals surface area contributed by atoms with Crippen LogP contribution in [0.15, 0.2) is 5.16 Å². The highest BCUT2D eigenvalue weighted by molar-refractivity contribution is 5.91. The molecule has 0 aromatic carbocycles. The van der Waals surface area contributed by atoms with E-state index in [1.165, 1.54) is 18.8 Å². The number of carboxylic acid groups (broad SMARTS) is 1. The van der Waals surface area contributed by atoms with Gasteiger partial charge in [0.15, 0.2) is 0 Å². The zero-order chi connectivity index (χ0) is 15.8. The average molecular weight is 308 g/mol. The zero-order valence-corrected chi connectivity index (χ0v) is 11.9. The summed E-state index contributed by atoms with van der Waals surface area (Å²) in [5.74, 6) is -0.259. The third-order valence-corrected chi connectivity index (χ3v) is 4.41. The van der Waals surface area contributed by atoms with Crippen LogP contribution in [0.2, 0.25) is 0 Å². The van der Waals surface area contributed by atoms with Gasteiger partial charge < -0.3 is 15.3 Å². The van der Waals surface area contributed by atoms with Gasteiger partial charge in [-0.15, -0.1) is 0 Å². The van der Waals surface area contributed by atoms with E-state index >= 15 is 0 Å². The number of carbonyl (C=O) groups is 1. The Morgan fingerprint density at radius 2 is 2.00 bits per heavy atom. The summed E-state index contributed by atoms with van der Waals surface area (Å²) in [6.45, 7) is 6.72. The van der Waals surface area contributed by atoms with E-state index < -0.39 is 12.1 Å². The Hall–Kier alpha value is -1.31. The number of hydrogen-bond acceptors (Lipinski definition) is 4. The molecule has 1 saturated carbocycles. The molecule has 4 atom stereocenters. The lowest BCUT2D eigenvalue weighted by molar-refractivity contribution is -0.192. The SMILES string of the molecule is CCC1(C)CC(C2[C@H]3CNC[C@@H]23)=NO1.O=C(O)C(F)(F)F. The van der Waals surface area contributed by atoms with Crippen molar-refractivity contribution in [1.29, 1.82) is 0 Å². The van der Waals surface area contributed by atoms with Gasteiger partial charge in [0.05, 0.1) is 5.71 Å². The van der Waals surface area contributed by atoms with Gasteiger partial charge in [0.2, 0.25) is 0 Å². The lowest BCUT2D eigenvalue weighted by Gasteiger charge is -2.18. The van der Waals surface area contributed by atoms with E-state index in [4.69, 9.17) is 14.7 Å². The molecule has 2 heterocycles. The maximum absolute atomic E-state index is 10.6. The predicted molar refractivity (Wildman–Crippen MR) is 68.9 cm³/mol. The Labute approximate surface area is 120 Å². The Bertz CT molecular complexity index is 442. The summed E-state index contributed by atoms with van der Waals surface area (Å²) in [5, 5.41) is 14.8. The van der Waals surface area contributed by atoms with Gasteiger partial charge in [0.25, 0.3) is 0 Å². The molecule has 2 aliphatic heterocycles. The molecular weight excluding hydrogens is 289 g/mol. The fraction of sp³-hybridized carbons (Fsp3) is 0.846. The van der Waals surface area contributed by atoms with Crippen molar-refractivity contribution in [2.45, 2.75) is 38.5 Å². The molecule has 0 radical (unpaired) electrons. The Morgan fingerprint density at radius 1 is 1.48 bits per heavy atom. The molecule has 0 amide bonds. The van der Waals surface area contributed by atoms with Crippen LogP contribution in [0.4, 0.5) is 13.2 Å². The lowest BCUT2D eigenvalue weighted by Crippen LogP contribution is -2.25. The highest BCUT2D eigenvalue weighted by Gasteiger charge is 2.57. The van der Waals surface area contributed by atoms with E-state index in [1.54, 1.807) is 0 Å². The lowest BCUT2D eigenvalue weighted by atomic mass is 9.94. The third-order valence-electron chi connectivity index (χ3n) is 4.41. The number of nitrogens with one attached hydrogen (secondary N) is 1. The number of aliphatic carboxylic acids is 1. The Morgan fingerprint density at radius 3 is 2.38 bits per heavy atom. The molecule has 3 aliphatic rings. The minimum atomic E-state index is -5.08. The first kappa shape index (κ1) is 16.1. The van der Waals surface area contributed by atoms with Crippen LogP contribution in [-0.4, -0.2) is 41.7 Å². The van der Waals surface area contributed by atoms with Crippen LogP contribution in [0.3, 0.4) is 0 Å². The molecule has 0 bridgehead atoms. The molecule has 0 spiro atoms. The van der Waals surface area contributed by atoms with E-state index in [2.05, 4.69) is 24.3 Å². The van der Waals surface area contributed by atoms with Gasteiger partial charge in [0.1, 0.15) is 5.60 Å². The maximum Gasteiger partial charge on any atom is 0.490 e. The number of carboxylic acids is 1. The number of rotatable bonds is 2. The molecule has 8 heteroatoms. The molecule has 3 rings (SSSR count). The quantitative estimate of drug-likeness (QED) is 0.819. The summed E-state index contributed by atoms with van der Waals surface area (Å²) in [6, 6.07) is 0. The second kappa shape index (κ2) is 5.47. The highest BCUT2D eigenvalue weighted by atomic mass is 19.4. The first-order valence-electron chi connectivity index (χ1n) is 6.94.